The van der Waals surface area contributed by atoms with Gasteiger partial charge in [-0.05, 0) is 27.6 Å². The van der Waals surface area contributed by atoms with Gasteiger partial charge in [0.15, 0.2) is 0 Å². The maximum absolute atomic E-state index is 13.7. The van der Waals surface area contributed by atoms with Crippen molar-refractivity contribution in [3.05, 3.63) is 34.1 Å². The van der Waals surface area contributed by atoms with Gasteiger partial charge in [0.2, 0.25) is 0 Å². The summed E-state index contributed by atoms with van der Waals surface area (Å²) >= 11 is 3.14. The van der Waals surface area contributed by atoms with Crippen LogP contribution in [0.3, 0.4) is 0 Å². The molecule has 0 atom stereocenters. The molecule has 2 N–H and O–H groups in total. The zero-order chi connectivity index (χ0) is 10.8. The second kappa shape index (κ2) is 4.38. The lowest BCUT2D eigenvalue weighted by Crippen LogP contribution is -2.27. The van der Waals surface area contributed by atoms with Gasteiger partial charge in [0.05, 0.1) is 11.1 Å². The summed E-state index contributed by atoms with van der Waals surface area (Å²) in [5, 5.41) is 0. The summed E-state index contributed by atoms with van der Waals surface area (Å²) in [7, 11) is 0. The van der Waals surface area contributed by atoms with E-state index < -0.39 is 5.41 Å². The van der Waals surface area contributed by atoms with Crippen LogP contribution in [0.15, 0.2) is 22.7 Å². The van der Waals surface area contributed by atoms with Crippen molar-refractivity contribution in [2.45, 2.75) is 19.3 Å². The van der Waals surface area contributed by atoms with E-state index in [1.165, 1.54) is 0 Å². The normalized spacial score (nSPS) is 11.8. The van der Waals surface area contributed by atoms with Crippen molar-refractivity contribution in [3.63, 3.8) is 0 Å². The first-order chi connectivity index (χ1) is 6.49. The summed E-state index contributed by atoms with van der Waals surface area (Å²) in [5.41, 5.74) is 0.167. The molecule has 1 aromatic carbocycles. The third kappa shape index (κ3) is 2.32. The van der Waals surface area contributed by atoms with Crippen LogP contribution in [0, 0.1) is 5.82 Å². The monoisotopic (exact) mass is 261 g/mol. The highest BCUT2D eigenvalue weighted by Gasteiger charge is 2.25. The minimum absolute atomic E-state index is 0.255. The minimum atomic E-state index is -0.428. The quantitative estimate of drug-likeness (QED) is 0.850. The van der Waals surface area contributed by atoms with Crippen LogP contribution in [-0.2, 0) is 10.3 Å². The fourth-order valence-electron chi connectivity index (χ4n) is 1.31. The molecular weight excluding hydrogens is 249 g/mol. The van der Waals surface area contributed by atoms with Crippen LogP contribution < -0.4 is 5.90 Å². The van der Waals surface area contributed by atoms with Crippen molar-refractivity contribution in [2.24, 2.45) is 5.90 Å². The van der Waals surface area contributed by atoms with E-state index in [0.29, 0.717) is 10.0 Å². The van der Waals surface area contributed by atoms with Gasteiger partial charge in [0.25, 0.3) is 0 Å². The standard InChI is InChI=1S/C10H13BrFNO/c1-10(2,6-14-13)7-4-3-5-8(11)9(7)12/h3-5H,6,13H2,1-2H3. The van der Waals surface area contributed by atoms with Gasteiger partial charge < -0.3 is 4.84 Å². The molecule has 0 aromatic heterocycles. The van der Waals surface area contributed by atoms with Crippen molar-refractivity contribution in [1.82, 2.24) is 0 Å². The lowest BCUT2D eigenvalue weighted by Gasteiger charge is -2.24. The van der Waals surface area contributed by atoms with Gasteiger partial charge in [-0.1, -0.05) is 26.0 Å². The van der Waals surface area contributed by atoms with E-state index >= 15 is 0 Å². The minimum Gasteiger partial charge on any atom is -0.304 e. The average Bonchev–Trinajstić information content (AvgIpc) is 2.09. The first-order valence-electron chi connectivity index (χ1n) is 4.25. The molecule has 0 bridgehead atoms. The van der Waals surface area contributed by atoms with Gasteiger partial charge in [-0.15, -0.1) is 0 Å². The molecule has 2 nitrogen and oxygen atoms in total. The molecule has 1 aromatic rings. The second-order valence-corrected chi connectivity index (χ2v) is 4.65. The largest absolute Gasteiger partial charge is 0.304 e. The maximum atomic E-state index is 13.7. The average molecular weight is 262 g/mol. The number of nitrogens with two attached hydrogens (primary N) is 1. The number of rotatable bonds is 3. The fraction of sp³-hybridized carbons (Fsp3) is 0.400. The van der Waals surface area contributed by atoms with Gasteiger partial charge in [0.1, 0.15) is 5.82 Å². The number of hydrogen-bond acceptors (Lipinski definition) is 2. The lowest BCUT2D eigenvalue weighted by atomic mass is 9.85. The molecule has 0 radical (unpaired) electrons. The predicted molar refractivity (Wildman–Crippen MR) is 57.3 cm³/mol. The van der Waals surface area contributed by atoms with Crippen molar-refractivity contribution >= 4 is 15.9 Å². The highest BCUT2D eigenvalue weighted by molar-refractivity contribution is 9.10. The summed E-state index contributed by atoms with van der Waals surface area (Å²) in [4.78, 5) is 4.57. The van der Waals surface area contributed by atoms with Crippen LogP contribution in [0.1, 0.15) is 19.4 Å². The molecule has 0 unspecified atom stereocenters. The molecule has 0 heterocycles. The number of halogens is 2. The van der Waals surface area contributed by atoms with Crippen molar-refractivity contribution in [1.29, 1.82) is 0 Å². The van der Waals surface area contributed by atoms with E-state index in [2.05, 4.69) is 20.8 Å². The Labute approximate surface area is 91.3 Å². The van der Waals surface area contributed by atoms with Gasteiger partial charge in [-0.3, -0.25) is 0 Å². The summed E-state index contributed by atoms with van der Waals surface area (Å²) in [5.74, 6) is 4.75. The van der Waals surface area contributed by atoms with Crippen LogP contribution >= 0.6 is 15.9 Å². The lowest BCUT2D eigenvalue weighted by molar-refractivity contribution is 0.0950. The fourth-order valence-corrected chi connectivity index (χ4v) is 1.68. The number of hydrogen-bond donors (Lipinski definition) is 1. The molecule has 0 aliphatic heterocycles. The van der Waals surface area contributed by atoms with E-state index in [1.807, 2.05) is 13.8 Å². The Bertz CT molecular complexity index is 328. The smallest absolute Gasteiger partial charge is 0.141 e. The molecule has 78 valence electrons. The van der Waals surface area contributed by atoms with E-state index in [9.17, 15) is 4.39 Å². The Kier molecular flexibility index (Phi) is 3.64. The number of benzene rings is 1. The first kappa shape index (κ1) is 11.6. The highest BCUT2D eigenvalue weighted by Crippen LogP contribution is 2.29. The molecule has 4 heteroatoms. The van der Waals surface area contributed by atoms with E-state index in [4.69, 9.17) is 5.90 Å². The van der Waals surface area contributed by atoms with Crippen molar-refractivity contribution in [2.75, 3.05) is 6.61 Å². The molecule has 0 saturated carbocycles. The Hall–Kier alpha value is -0.450. The zero-order valence-corrected chi connectivity index (χ0v) is 9.77. The molecule has 14 heavy (non-hydrogen) atoms. The van der Waals surface area contributed by atoms with E-state index in [-0.39, 0.29) is 12.4 Å². The summed E-state index contributed by atoms with van der Waals surface area (Å²) < 4.78 is 14.1. The third-order valence-corrected chi connectivity index (χ3v) is 2.74. The molecule has 0 spiro atoms. The van der Waals surface area contributed by atoms with E-state index in [1.54, 1.807) is 18.2 Å². The summed E-state index contributed by atoms with van der Waals surface area (Å²) in [6, 6.07) is 5.19. The topological polar surface area (TPSA) is 35.2 Å². The Balaban J connectivity index is 3.12. The van der Waals surface area contributed by atoms with Crippen molar-refractivity contribution < 1.29 is 9.23 Å². The second-order valence-electron chi connectivity index (χ2n) is 3.80. The summed E-state index contributed by atoms with van der Waals surface area (Å²) in [6.45, 7) is 4.04. The van der Waals surface area contributed by atoms with E-state index in [0.717, 1.165) is 0 Å². The molecule has 0 aliphatic carbocycles. The third-order valence-electron chi connectivity index (χ3n) is 2.12. The van der Waals surface area contributed by atoms with Gasteiger partial charge >= 0.3 is 0 Å². The first-order valence-corrected chi connectivity index (χ1v) is 5.04. The van der Waals surface area contributed by atoms with Gasteiger partial charge in [-0.25, -0.2) is 10.3 Å². The molecule has 0 fully saturated rings. The van der Waals surface area contributed by atoms with Crippen LogP contribution in [0.25, 0.3) is 0 Å². The maximum Gasteiger partial charge on any atom is 0.141 e. The molecule has 0 amide bonds. The van der Waals surface area contributed by atoms with Crippen LogP contribution in [0.5, 0.6) is 0 Å². The van der Waals surface area contributed by atoms with Crippen LogP contribution in [0.4, 0.5) is 4.39 Å². The Morgan fingerprint density at radius 2 is 2.14 bits per heavy atom. The van der Waals surface area contributed by atoms with Crippen LogP contribution in [0.2, 0.25) is 0 Å². The molecular formula is C10H13BrFNO. The predicted octanol–water partition coefficient (Wildman–Crippen LogP) is 2.76. The molecule has 0 saturated heterocycles. The van der Waals surface area contributed by atoms with Gasteiger partial charge in [-0.2, -0.15) is 0 Å². The zero-order valence-electron chi connectivity index (χ0n) is 8.18. The Morgan fingerprint density at radius 1 is 1.50 bits per heavy atom. The summed E-state index contributed by atoms with van der Waals surface area (Å²) in [6.07, 6.45) is 0. The Morgan fingerprint density at radius 3 is 2.71 bits per heavy atom. The van der Waals surface area contributed by atoms with Gasteiger partial charge in [0, 0.05) is 5.41 Å². The van der Waals surface area contributed by atoms with Crippen molar-refractivity contribution in [3.8, 4) is 0 Å². The highest BCUT2D eigenvalue weighted by atomic mass is 79.9. The molecule has 0 aliphatic rings. The SMILES string of the molecule is CC(C)(CON)c1cccc(Br)c1F. The van der Waals surface area contributed by atoms with Crippen LogP contribution in [-0.4, -0.2) is 6.61 Å². The molecule has 1 rings (SSSR count).